The van der Waals surface area contributed by atoms with Crippen LogP contribution in [-0.4, -0.2) is 17.6 Å². The lowest BCUT2D eigenvalue weighted by Gasteiger charge is -2.34. The molecule has 2 heterocycles. The van der Waals surface area contributed by atoms with Gasteiger partial charge < -0.3 is 4.57 Å². The molecule has 0 aliphatic carbocycles. The predicted octanol–water partition coefficient (Wildman–Crippen LogP) is 7.22. The van der Waals surface area contributed by atoms with E-state index in [9.17, 15) is 0 Å². The van der Waals surface area contributed by atoms with E-state index in [0.29, 0.717) is 0 Å². The first-order chi connectivity index (χ1) is 21.8. The second-order valence-corrected chi connectivity index (χ2v) is 15.0. The number of benzene rings is 6. The number of fused-ring (bicyclic) bond motifs is 3. The molecule has 2 nitrogen and oxygen atoms in total. The van der Waals surface area contributed by atoms with Crippen molar-refractivity contribution in [2.75, 3.05) is 0 Å². The van der Waals surface area contributed by atoms with Gasteiger partial charge in [-0.3, -0.25) is 4.98 Å². The summed E-state index contributed by atoms with van der Waals surface area (Å²) in [5.41, 5.74) is 5.90. The standard InChI is InChI=1S/C41H30N2Si/c1-5-13-31(14-6-1)32-21-23-36(24-22-32)44(34-17-9-3-10-18-34,35-19-11-4-12-20-35)37-25-26-40-39(29-37)38-27-28-42-30-41(38)43(40)33-15-7-2-8-16-33/h1-30H. The Balaban J connectivity index is 1.44. The van der Waals surface area contributed by atoms with Gasteiger partial charge >= 0.3 is 0 Å². The molecule has 0 atom stereocenters. The summed E-state index contributed by atoms with van der Waals surface area (Å²) in [4.78, 5) is 4.53. The second-order valence-electron chi connectivity index (χ2n) is 11.2. The van der Waals surface area contributed by atoms with Crippen molar-refractivity contribution >= 4 is 50.6 Å². The Morgan fingerprint density at radius 3 is 1.57 bits per heavy atom. The molecule has 0 saturated heterocycles. The molecule has 0 spiro atoms. The molecule has 2 aromatic heterocycles. The van der Waals surface area contributed by atoms with Crippen LogP contribution in [-0.2, 0) is 0 Å². The molecular weight excluding hydrogens is 549 g/mol. The second kappa shape index (κ2) is 11.0. The van der Waals surface area contributed by atoms with Crippen LogP contribution in [0.3, 0.4) is 0 Å². The van der Waals surface area contributed by atoms with Gasteiger partial charge in [0.25, 0.3) is 0 Å². The van der Waals surface area contributed by atoms with E-state index < -0.39 is 8.07 Å². The Hall–Kier alpha value is -5.51. The van der Waals surface area contributed by atoms with Crippen molar-refractivity contribution in [3.8, 4) is 16.8 Å². The van der Waals surface area contributed by atoms with Crippen LogP contribution in [0, 0.1) is 0 Å². The van der Waals surface area contributed by atoms with Gasteiger partial charge in [0, 0.05) is 22.7 Å². The molecule has 6 aromatic carbocycles. The Morgan fingerprint density at radius 1 is 0.409 bits per heavy atom. The van der Waals surface area contributed by atoms with Crippen molar-refractivity contribution in [2.45, 2.75) is 0 Å². The molecule has 0 saturated carbocycles. The number of hydrogen-bond donors (Lipinski definition) is 0. The molecule has 8 aromatic rings. The van der Waals surface area contributed by atoms with Crippen LogP contribution in [0.2, 0.25) is 0 Å². The smallest absolute Gasteiger partial charge is 0.179 e. The monoisotopic (exact) mass is 578 g/mol. The fourth-order valence-electron chi connectivity index (χ4n) is 6.88. The molecule has 0 radical (unpaired) electrons. The summed E-state index contributed by atoms with van der Waals surface area (Å²) in [6, 6.07) is 62.2. The number of rotatable bonds is 6. The number of hydrogen-bond acceptors (Lipinski definition) is 1. The lowest BCUT2D eigenvalue weighted by molar-refractivity contribution is 1.17. The third kappa shape index (κ3) is 4.21. The van der Waals surface area contributed by atoms with Gasteiger partial charge in [0.1, 0.15) is 0 Å². The lowest BCUT2D eigenvalue weighted by Crippen LogP contribution is -2.74. The summed E-state index contributed by atoms with van der Waals surface area (Å²) in [5, 5.41) is 7.91. The summed E-state index contributed by atoms with van der Waals surface area (Å²) >= 11 is 0. The van der Waals surface area contributed by atoms with Crippen LogP contribution in [0.1, 0.15) is 0 Å². The summed E-state index contributed by atoms with van der Waals surface area (Å²) in [6.07, 6.45) is 3.90. The predicted molar refractivity (Wildman–Crippen MR) is 188 cm³/mol. The fraction of sp³-hybridized carbons (Fsp3) is 0. The zero-order valence-corrected chi connectivity index (χ0v) is 25.2. The number of aromatic nitrogens is 2. The van der Waals surface area contributed by atoms with Crippen molar-refractivity contribution in [1.82, 2.24) is 9.55 Å². The zero-order valence-electron chi connectivity index (χ0n) is 24.2. The van der Waals surface area contributed by atoms with Crippen LogP contribution in [0.5, 0.6) is 0 Å². The molecule has 0 N–H and O–H groups in total. The van der Waals surface area contributed by atoms with Crippen molar-refractivity contribution in [3.63, 3.8) is 0 Å². The van der Waals surface area contributed by atoms with Crippen molar-refractivity contribution in [2.24, 2.45) is 0 Å². The van der Waals surface area contributed by atoms with E-state index in [1.54, 1.807) is 0 Å². The highest BCUT2D eigenvalue weighted by atomic mass is 28.3. The van der Waals surface area contributed by atoms with Gasteiger partial charge in [0.2, 0.25) is 0 Å². The van der Waals surface area contributed by atoms with Crippen molar-refractivity contribution in [1.29, 1.82) is 0 Å². The van der Waals surface area contributed by atoms with E-state index in [4.69, 9.17) is 0 Å². The number of pyridine rings is 1. The first-order valence-electron chi connectivity index (χ1n) is 15.1. The highest BCUT2D eigenvalue weighted by Crippen LogP contribution is 2.31. The molecule has 3 heteroatoms. The van der Waals surface area contributed by atoms with Crippen LogP contribution < -0.4 is 20.7 Å². The highest BCUT2D eigenvalue weighted by molar-refractivity contribution is 7.20. The van der Waals surface area contributed by atoms with Crippen molar-refractivity contribution < 1.29 is 0 Å². The van der Waals surface area contributed by atoms with Crippen LogP contribution in [0.25, 0.3) is 38.6 Å². The van der Waals surface area contributed by atoms with Gasteiger partial charge in [-0.25, -0.2) is 0 Å². The van der Waals surface area contributed by atoms with E-state index in [2.05, 4.69) is 179 Å². The molecular formula is C41H30N2Si. The molecule has 0 unspecified atom stereocenters. The van der Waals surface area contributed by atoms with E-state index in [-0.39, 0.29) is 0 Å². The normalized spacial score (nSPS) is 11.6. The molecule has 0 bridgehead atoms. The summed E-state index contributed by atoms with van der Waals surface area (Å²) in [5.74, 6) is 0. The molecule has 0 fully saturated rings. The topological polar surface area (TPSA) is 17.8 Å². The average Bonchev–Trinajstić information content (AvgIpc) is 3.44. The Labute approximate surface area is 258 Å². The quantitative estimate of drug-likeness (QED) is 0.150. The zero-order chi connectivity index (χ0) is 29.3. The maximum Gasteiger partial charge on any atom is 0.179 e. The summed E-state index contributed by atoms with van der Waals surface area (Å²) in [6.45, 7) is 0. The van der Waals surface area contributed by atoms with Crippen LogP contribution >= 0.6 is 0 Å². The molecule has 0 aliphatic heterocycles. The fourth-order valence-corrected chi connectivity index (χ4v) is 11.6. The van der Waals surface area contributed by atoms with Gasteiger partial charge in [-0.2, -0.15) is 0 Å². The Morgan fingerprint density at radius 2 is 0.932 bits per heavy atom. The number of para-hydroxylation sites is 1. The lowest BCUT2D eigenvalue weighted by atomic mass is 10.1. The van der Waals surface area contributed by atoms with E-state index >= 15 is 0 Å². The third-order valence-electron chi connectivity index (χ3n) is 8.85. The van der Waals surface area contributed by atoms with Gasteiger partial charge in [-0.1, -0.05) is 146 Å². The van der Waals surface area contributed by atoms with Gasteiger partial charge in [-0.15, -0.1) is 0 Å². The Bertz CT molecular complexity index is 2150. The molecule has 208 valence electrons. The third-order valence-corrected chi connectivity index (χ3v) is 13.6. The first-order valence-corrected chi connectivity index (χ1v) is 17.1. The van der Waals surface area contributed by atoms with Gasteiger partial charge in [-0.05, 0) is 56.1 Å². The minimum atomic E-state index is -2.72. The molecule has 44 heavy (non-hydrogen) atoms. The molecule has 0 amide bonds. The average molecular weight is 579 g/mol. The Kier molecular flexibility index (Phi) is 6.51. The number of nitrogens with zero attached hydrogens (tertiary/aromatic N) is 2. The van der Waals surface area contributed by atoms with Crippen molar-refractivity contribution in [3.05, 3.63) is 182 Å². The SMILES string of the molecule is c1ccc(-c2ccc([Si](c3ccccc3)(c3ccccc3)c3ccc4c(c3)c3ccncc3n4-c3ccccc3)cc2)cc1. The minimum Gasteiger partial charge on any atom is -0.308 e. The summed E-state index contributed by atoms with van der Waals surface area (Å²) in [7, 11) is -2.72. The van der Waals surface area contributed by atoms with Crippen LogP contribution in [0.4, 0.5) is 0 Å². The minimum absolute atomic E-state index is 1.12. The molecule has 8 rings (SSSR count). The van der Waals surface area contributed by atoms with Crippen LogP contribution in [0.15, 0.2) is 182 Å². The maximum atomic E-state index is 4.53. The van der Waals surface area contributed by atoms with E-state index in [0.717, 1.165) is 11.2 Å². The van der Waals surface area contributed by atoms with E-state index in [1.807, 2.05) is 12.4 Å². The maximum absolute atomic E-state index is 4.53. The van der Waals surface area contributed by atoms with Gasteiger partial charge in [0.05, 0.1) is 17.2 Å². The largest absolute Gasteiger partial charge is 0.308 e. The first kappa shape index (κ1) is 26.1. The molecule has 0 aliphatic rings. The summed E-state index contributed by atoms with van der Waals surface area (Å²) < 4.78 is 2.34. The van der Waals surface area contributed by atoms with Gasteiger partial charge in [0.15, 0.2) is 8.07 Å². The highest BCUT2D eigenvalue weighted by Gasteiger charge is 2.41. The van der Waals surface area contributed by atoms with E-state index in [1.165, 1.54) is 48.2 Å².